The molecule has 0 fully saturated rings. The molecule has 0 radical (unpaired) electrons. The van der Waals surface area contributed by atoms with E-state index in [0.717, 1.165) is 31.7 Å². The van der Waals surface area contributed by atoms with Gasteiger partial charge in [0.2, 0.25) is 0 Å². The van der Waals surface area contributed by atoms with Crippen molar-refractivity contribution in [2.24, 2.45) is 5.92 Å². The molecule has 1 aromatic rings. The number of halogens is 1. The Morgan fingerprint density at radius 1 is 1.29 bits per heavy atom. The summed E-state index contributed by atoms with van der Waals surface area (Å²) in [6.45, 7) is 8.80. The van der Waals surface area contributed by atoms with E-state index in [-0.39, 0.29) is 0 Å². The highest BCUT2D eigenvalue weighted by Crippen LogP contribution is 2.34. The molecule has 1 N–H and O–H groups in total. The number of hydrogen-bond acceptors (Lipinski definition) is 2. The summed E-state index contributed by atoms with van der Waals surface area (Å²) in [5.74, 6) is 1.84. The average molecular weight is 354 g/mol. The topological polar surface area (TPSA) is 21.3 Å². The summed E-state index contributed by atoms with van der Waals surface area (Å²) in [4.78, 5) is 0. The van der Waals surface area contributed by atoms with Crippen LogP contribution in [-0.4, -0.2) is 19.2 Å². The number of fused-ring (bicyclic) bond motifs is 1. The molecular weight excluding hydrogens is 326 g/mol. The second kappa shape index (κ2) is 8.19. The van der Waals surface area contributed by atoms with Gasteiger partial charge in [0.25, 0.3) is 0 Å². The maximum Gasteiger partial charge on any atom is 0.125 e. The van der Waals surface area contributed by atoms with E-state index in [0.29, 0.717) is 12.0 Å². The van der Waals surface area contributed by atoms with Gasteiger partial charge in [0.05, 0.1) is 6.61 Å². The van der Waals surface area contributed by atoms with Crippen LogP contribution in [0.2, 0.25) is 0 Å². The van der Waals surface area contributed by atoms with Gasteiger partial charge in [-0.3, -0.25) is 0 Å². The number of rotatable bonds is 8. The van der Waals surface area contributed by atoms with Crippen LogP contribution in [0.25, 0.3) is 0 Å². The van der Waals surface area contributed by atoms with Crippen LogP contribution in [0.1, 0.15) is 51.2 Å². The molecule has 2 rings (SSSR count). The van der Waals surface area contributed by atoms with Crippen LogP contribution in [-0.2, 0) is 12.8 Å². The van der Waals surface area contributed by atoms with E-state index in [4.69, 9.17) is 4.74 Å². The summed E-state index contributed by atoms with van der Waals surface area (Å²) in [5, 5.41) is 3.74. The lowest BCUT2D eigenvalue weighted by atomic mass is 9.90. The molecule has 1 aliphatic heterocycles. The van der Waals surface area contributed by atoms with Gasteiger partial charge in [0.15, 0.2) is 0 Å². The highest BCUT2D eigenvalue weighted by molar-refractivity contribution is 9.10. The van der Waals surface area contributed by atoms with E-state index in [1.807, 2.05) is 0 Å². The van der Waals surface area contributed by atoms with Crippen LogP contribution in [0.3, 0.4) is 0 Å². The first-order chi connectivity index (χ1) is 10.2. The fourth-order valence-electron chi connectivity index (χ4n) is 3.20. The molecule has 0 saturated carbocycles. The zero-order valence-electron chi connectivity index (χ0n) is 13.5. The van der Waals surface area contributed by atoms with E-state index in [1.54, 1.807) is 0 Å². The molecule has 0 spiro atoms. The molecule has 0 aliphatic carbocycles. The lowest BCUT2D eigenvalue weighted by Gasteiger charge is -2.26. The van der Waals surface area contributed by atoms with Gasteiger partial charge in [-0.1, -0.05) is 43.1 Å². The molecule has 21 heavy (non-hydrogen) atoms. The van der Waals surface area contributed by atoms with Crippen LogP contribution in [0.5, 0.6) is 5.75 Å². The largest absolute Gasteiger partial charge is 0.493 e. The van der Waals surface area contributed by atoms with Gasteiger partial charge in [-0.05, 0) is 55.0 Å². The van der Waals surface area contributed by atoms with Crippen molar-refractivity contribution in [1.82, 2.24) is 5.32 Å². The summed E-state index contributed by atoms with van der Waals surface area (Å²) < 4.78 is 7.06. The fourth-order valence-corrected chi connectivity index (χ4v) is 3.75. The van der Waals surface area contributed by atoms with Gasteiger partial charge in [0.1, 0.15) is 5.75 Å². The molecule has 2 unspecified atom stereocenters. The van der Waals surface area contributed by atoms with Crippen LogP contribution >= 0.6 is 15.9 Å². The fraction of sp³-hybridized carbons (Fsp3) is 0.667. The molecule has 1 heterocycles. The molecule has 0 bridgehead atoms. The Morgan fingerprint density at radius 3 is 2.81 bits per heavy atom. The van der Waals surface area contributed by atoms with E-state index in [9.17, 15) is 0 Å². The van der Waals surface area contributed by atoms with Crippen molar-refractivity contribution in [3.8, 4) is 5.75 Å². The van der Waals surface area contributed by atoms with Crippen molar-refractivity contribution < 1.29 is 4.74 Å². The second-order valence-electron chi connectivity index (χ2n) is 6.18. The molecule has 0 saturated heterocycles. The maximum atomic E-state index is 5.88. The Kier molecular flexibility index (Phi) is 6.56. The zero-order valence-corrected chi connectivity index (χ0v) is 15.1. The maximum absolute atomic E-state index is 5.88. The minimum absolute atomic E-state index is 0.535. The average Bonchev–Trinajstić information content (AvgIpc) is 2.91. The summed E-state index contributed by atoms with van der Waals surface area (Å²) >= 11 is 3.65. The molecule has 118 valence electrons. The summed E-state index contributed by atoms with van der Waals surface area (Å²) in [6, 6.07) is 4.98. The molecule has 1 aromatic carbocycles. The first-order valence-corrected chi connectivity index (χ1v) is 9.12. The minimum Gasteiger partial charge on any atom is -0.493 e. The van der Waals surface area contributed by atoms with Gasteiger partial charge in [-0.2, -0.15) is 0 Å². The number of hydrogen-bond donors (Lipinski definition) is 1. The smallest absolute Gasteiger partial charge is 0.125 e. The quantitative estimate of drug-likeness (QED) is 0.729. The third-order valence-corrected chi connectivity index (χ3v) is 4.81. The number of benzene rings is 1. The van der Waals surface area contributed by atoms with E-state index < -0.39 is 0 Å². The van der Waals surface area contributed by atoms with Crippen LogP contribution in [0, 0.1) is 5.92 Å². The number of nitrogens with one attached hydrogen (secondary N) is 1. The zero-order chi connectivity index (χ0) is 15.2. The second-order valence-corrected chi connectivity index (χ2v) is 7.10. The highest BCUT2D eigenvalue weighted by atomic mass is 79.9. The Bertz CT molecular complexity index is 461. The molecule has 2 atom stereocenters. The first-order valence-electron chi connectivity index (χ1n) is 8.33. The standard InChI is InChI=1S/C18H28BrNO/c1-4-6-13(3)17(20-8-5-2)12-15-11-16(19)10-14-7-9-21-18(14)15/h10-11,13,17,20H,4-9,12H2,1-3H3. The SMILES string of the molecule is CCCNC(Cc1cc(Br)cc2c1OCC2)C(C)CCC. The Labute approximate surface area is 137 Å². The summed E-state index contributed by atoms with van der Waals surface area (Å²) in [5.41, 5.74) is 2.71. The van der Waals surface area contributed by atoms with Crippen LogP contribution < -0.4 is 10.1 Å². The summed E-state index contributed by atoms with van der Waals surface area (Å²) in [7, 11) is 0. The molecule has 3 heteroatoms. The number of ether oxygens (including phenoxy) is 1. The van der Waals surface area contributed by atoms with Gasteiger partial charge in [-0.15, -0.1) is 0 Å². The minimum atomic E-state index is 0.535. The van der Waals surface area contributed by atoms with Crippen molar-refractivity contribution in [1.29, 1.82) is 0 Å². The lowest BCUT2D eigenvalue weighted by Crippen LogP contribution is -2.37. The van der Waals surface area contributed by atoms with Crippen molar-refractivity contribution >= 4 is 15.9 Å². The van der Waals surface area contributed by atoms with Crippen molar-refractivity contribution in [3.05, 3.63) is 27.7 Å². The lowest BCUT2D eigenvalue weighted by molar-refractivity contribution is 0.334. The van der Waals surface area contributed by atoms with E-state index >= 15 is 0 Å². The molecule has 1 aliphatic rings. The Morgan fingerprint density at radius 2 is 2.10 bits per heavy atom. The predicted molar refractivity (Wildman–Crippen MR) is 93.2 cm³/mol. The summed E-state index contributed by atoms with van der Waals surface area (Å²) in [6.07, 6.45) is 5.81. The van der Waals surface area contributed by atoms with Gasteiger partial charge >= 0.3 is 0 Å². The highest BCUT2D eigenvalue weighted by Gasteiger charge is 2.22. The predicted octanol–water partition coefficient (Wildman–Crippen LogP) is 4.73. The van der Waals surface area contributed by atoms with Gasteiger partial charge < -0.3 is 10.1 Å². The van der Waals surface area contributed by atoms with E-state index in [1.165, 1.54) is 34.9 Å². The van der Waals surface area contributed by atoms with Crippen LogP contribution in [0.15, 0.2) is 16.6 Å². The third kappa shape index (κ3) is 4.46. The van der Waals surface area contributed by atoms with Crippen molar-refractivity contribution in [3.63, 3.8) is 0 Å². The molecular formula is C18H28BrNO. The molecule has 0 amide bonds. The first kappa shape index (κ1) is 16.8. The Hall–Kier alpha value is -0.540. The van der Waals surface area contributed by atoms with Crippen LogP contribution in [0.4, 0.5) is 0 Å². The Balaban J connectivity index is 2.16. The van der Waals surface area contributed by atoms with Crippen molar-refractivity contribution in [2.45, 2.75) is 58.9 Å². The normalized spacial score (nSPS) is 16.4. The molecule has 0 aromatic heterocycles. The van der Waals surface area contributed by atoms with Crippen molar-refractivity contribution in [2.75, 3.05) is 13.2 Å². The van der Waals surface area contributed by atoms with Gasteiger partial charge in [0, 0.05) is 16.9 Å². The third-order valence-electron chi connectivity index (χ3n) is 4.35. The van der Waals surface area contributed by atoms with E-state index in [2.05, 4.69) is 54.2 Å². The van der Waals surface area contributed by atoms with Gasteiger partial charge in [-0.25, -0.2) is 0 Å². The molecule has 2 nitrogen and oxygen atoms in total. The monoisotopic (exact) mass is 353 g/mol.